The Balaban J connectivity index is 2.28. The van der Waals surface area contributed by atoms with Crippen LogP contribution < -0.4 is 5.46 Å². The summed E-state index contributed by atoms with van der Waals surface area (Å²) in [5, 5.41) is 22.6. The predicted molar refractivity (Wildman–Crippen MR) is 104 cm³/mol. The highest BCUT2D eigenvalue weighted by atomic mass is 16.3. The standard InChI is InChI=1S/C21H21BO2/c1-5-22(4)17-7-8-18-15(12-17)6-9-19(23)20(18)16-10-13(2)21(24)14(3)11-16/h5-12,23-24H,1H2,2-4H3. The molecule has 0 saturated heterocycles. The molecule has 0 fully saturated rings. The summed E-state index contributed by atoms with van der Waals surface area (Å²) in [5.41, 5.74) is 4.52. The van der Waals surface area contributed by atoms with E-state index in [0.29, 0.717) is 5.75 Å². The van der Waals surface area contributed by atoms with E-state index in [2.05, 4.69) is 31.6 Å². The number of aryl methyl sites for hydroxylation is 2. The molecule has 0 aliphatic heterocycles. The van der Waals surface area contributed by atoms with Gasteiger partial charge < -0.3 is 10.2 Å². The minimum absolute atomic E-state index is 0.247. The van der Waals surface area contributed by atoms with Gasteiger partial charge in [-0.05, 0) is 59.5 Å². The normalized spacial score (nSPS) is 10.8. The molecule has 0 aliphatic rings. The molecule has 3 heteroatoms. The maximum absolute atomic E-state index is 10.5. The van der Waals surface area contributed by atoms with E-state index in [9.17, 15) is 10.2 Å². The van der Waals surface area contributed by atoms with E-state index in [1.54, 1.807) is 6.07 Å². The molecule has 0 aromatic heterocycles. The van der Waals surface area contributed by atoms with Gasteiger partial charge in [0.25, 0.3) is 0 Å². The van der Waals surface area contributed by atoms with Crippen LogP contribution in [0.4, 0.5) is 0 Å². The third-order valence-electron chi connectivity index (χ3n) is 4.68. The molecular formula is C21H21BO2. The first-order valence-electron chi connectivity index (χ1n) is 8.11. The van der Waals surface area contributed by atoms with Crippen LogP contribution in [0.1, 0.15) is 11.1 Å². The van der Waals surface area contributed by atoms with Crippen LogP contribution in [-0.2, 0) is 0 Å². The van der Waals surface area contributed by atoms with E-state index in [1.807, 2.05) is 38.0 Å². The van der Waals surface area contributed by atoms with Crippen molar-refractivity contribution < 1.29 is 10.2 Å². The van der Waals surface area contributed by atoms with Crippen LogP contribution in [0.5, 0.6) is 11.5 Å². The molecule has 0 atom stereocenters. The van der Waals surface area contributed by atoms with Gasteiger partial charge in [0.15, 0.2) is 6.71 Å². The average molecular weight is 316 g/mol. The van der Waals surface area contributed by atoms with Crippen LogP contribution in [-0.4, -0.2) is 16.9 Å². The van der Waals surface area contributed by atoms with E-state index >= 15 is 0 Å². The zero-order valence-electron chi connectivity index (χ0n) is 14.3. The first-order valence-corrected chi connectivity index (χ1v) is 8.11. The fourth-order valence-electron chi connectivity index (χ4n) is 3.16. The highest BCUT2D eigenvalue weighted by Gasteiger charge is 2.14. The average Bonchev–Trinajstić information content (AvgIpc) is 2.58. The van der Waals surface area contributed by atoms with Crippen LogP contribution in [0.15, 0.2) is 55.0 Å². The topological polar surface area (TPSA) is 40.5 Å². The summed E-state index contributed by atoms with van der Waals surface area (Å²) >= 11 is 0. The van der Waals surface area contributed by atoms with Crippen LogP contribution in [0, 0.1) is 13.8 Å². The van der Waals surface area contributed by atoms with E-state index in [-0.39, 0.29) is 12.5 Å². The molecule has 24 heavy (non-hydrogen) atoms. The van der Waals surface area contributed by atoms with Crippen molar-refractivity contribution in [3.8, 4) is 22.6 Å². The van der Waals surface area contributed by atoms with Gasteiger partial charge in [-0.2, -0.15) is 0 Å². The quantitative estimate of drug-likeness (QED) is 0.694. The SMILES string of the molecule is C=CB(C)c1ccc2c(-c3cc(C)c(O)c(C)c3)c(O)ccc2c1. The van der Waals surface area contributed by atoms with Crippen LogP contribution in [0.25, 0.3) is 21.9 Å². The van der Waals surface area contributed by atoms with Gasteiger partial charge in [-0.3, -0.25) is 0 Å². The lowest BCUT2D eigenvalue weighted by Crippen LogP contribution is -2.23. The monoisotopic (exact) mass is 316 g/mol. The van der Waals surface area contributed by atoms with Gasteiger partial charge in [-0.15, -0.1) is 12.6 Å². The Morgan fingerprint density at radius 2 is 1.62 bits per heavy atom. The molecule has 120 valence electrons. The van der Waals surface area contributed by atoms with Gasteiger partial charge in [0.2, 0.25) is 0 Å². The number of phenolic OH excluding ortho intramolecular Hbond substituents is 2. The molecule has 2 N–H and O–H groups in total. The fourth-order valence-corrected chi connectivity index (χ4v) is 3.16. The molecule has 0 spiro atoms. The molecule has 0 unspecified atom stereocenters. The van der Waals surface area contributed by atoms with Crippen LogP contribution in [0.3, 0.4) is 0 Å². The second-order valence-corrected chi connectivity index (χ2v) is 6.42. The summed E-state index contributed by atoms with van der Waals surface area (Å²) in [7, 11) is 0. The maximum atomic E-state index is 10.5. The van der Waals surface area contributed by atoms with E-state index in [4.69, 9.17) is 0 Å². The van der Waals surface area contributed by atoms with Crippen molar-refractivity contribution in [2.24, 2.45) is 0 Å². The lowest BCUT2D eigenvalue weighted by molar-refractivity contribution is 0.466. The Morgan fingerprint density at radius 1 is 0.958 bits per heavy atom. The van der Waals surface area contributed by atoms with Gasteiger partial charge in [-0.25, -0.2) is 0 Å². The largest absolute Gasteiger partial charge is 0.507 e. The summed E-state index contributed by atoms with van der Waals surface area (Å²) in [5.74, 6) is 2.48. The van der Waals surface area contributed by atoms with Gasteiger partial charge in [0, 0.05) is 5.56 Å². The number of fused-ring (bicyclic) bond motifs is 1. The molecule has 0 radical (unpaired) electrons. The van der Waals surface area contributed by atoms with Crippen LogP contribution >= 0.6 is 0 Å². The second-order valence-electron chi connectivity index (χ2n) is 6.42. The van der Waals surface area contributed by atoms with Crippen molar-refractivity contribution in [2.75, 3.05) is 0 Å². The molecule has 0 amide bonds. The van der Waals surface area contributed by atoms with E-state index in [1.165, 1.54) is 5.46 Å². The number of hydrogen-bond acceptors (Lipinski definition) is 2. The third kappa shape index (κ3) is 2.67. The molecule has 3 aromatic rings. The molecule has 0 aliphatic carbocycles. The number of phenols is 2. The minimum atomic E-state index is 0.247. The molecule has 0 saturated carbocycles. The molecule has 3 aromatic carbocycles. The Kier molecular flexibility index (Phi) is 4.10. The summed E-state index contributed by atoms with van der Waals surface area (Å²) < 4.78 is 0. The smallest absolute Gasteiger partial charge is 0.197 e. The molecule has 0 bridgehead atoms. The Labute approximate surface area is 143 Å². The van der Waals surface area contributed by atoms with Crippen LogP contribution in [0.2, 0.25) is 6.82 Å². The molecule has 0 heterocycles. The number of benzene rings is 3. The zero-order chi connectivity index (χ0) is 17.4. The van der Waals surface area contributed by atoms with Gasteiger partial charge in [0.1, 0.15) is 11.5 Å². The van der Waals surface area contributed by atoms with E-state index < -0.39 is 0 Å². The minimum Gasteiger partial charge on any atom is -0.507 e. The summed E-state index contributed by atoms with van der Waals surface area (Å²) in [6.45, 7) is 10.0. The molecular weight excluding hydrogens is 295 g/mol. The van der Waals surface area contributed by atoms with Crippen molar-refractivity contribution in [1.29, 1.82) is 0 Å². The zero-order valence-corrected chi connectivity index (χ0v) is 14.3. The fraction of sp³-hybridized carbons (Fsp3) is 0.143. The first kappa shape index (κ1) is 16.2. The Hall–Kier alpha value is -2.68. The van der Waals surface area contributed by atoms with Crippen molar-refractivity contribution in [3.63, 3.8) is 0 Å². The van der Waals surface area contributed by atoms with Gasteiger partial charge in [-0.1, -0.05) is 36.6 Å². The third-order valence-corrected chi connectivity index (χ3v) is 4.68. The summed E-state index contributed by atoms with van der Waals surface area (Å²) in [4.78, 5) is 0. The number of hydrogen-bond donors (Lipinski definition) is 2. The Morgan fingerprint density at radius 3 is 2.25 bits per heavy atom. The lowest BCUT2D eigenvalue weighted by Gasteiger charge is -2.14. The maximum Gasteiger partial charge on any atom is 0.197 e. The summed E-state index contributed by atoms with van der Waals surface area (Å²) in [6.07, 6.45) is 0. The number of aromatic hydroxyl groups is 2. The van der Waals surface area contributed by atoms with E-state index in [0.717, 1.165) is 33.0 Å². The van der Waals surface area contributed by atoms with Gasteiger partial charge >= 0.3 is 0 Å². The van der Waals surface area contributed by atoms with Crippen molar-refractivity contribution in [2.45, 2.75) is 20.7 Å². The highest BCUT2D eigenvalue weighted by molar-refractivity contribution is 6.76. The Bertz CT molecular complexity index is 921. The lowest BCUT2D eigenvalue weighted by atomic mass is 9.47. The van der Waals surface area contributed by atoms with Crippen molar-refractivity contribution in [1.82, 2.24) is 0 Å². The number of rotatable bonds is 3. The predicted octanol–water partition coefficient (Wildman–Crippen LogP) is 4.59. The first-order chi connectivity index (χ1) is 11.4. The second kappa shape index (κ2) is 6.08. The molecule has 3 rings (SSSR count). The van der Waals surface area contributed by atoms with Crippen molar-refractivity contribution in [3.05, 3.63) is 66.1 Å². The summed E-state index contributed by atoms with van der Waals surface area (Å²) in [6, 6.07) is 13.8. The van der Waals surface area contributed by atoms with Crippen molar-refractivity contribution >= 4 is 22.9 Å². The molecule has 2 nitrogen and oxygen atoms in total. The highest BCUT2D eigenvalue weighted by Crippen LogP contribution is 2.38. The van der Waals surface area contributed by atoms with Gasteiger partial charge in [0.05, 0.1) is 0 Å².